The molecule has 3 aromatic rings. The third-order valence-electron chi connectivity index (χ3n) is 5.57. The Balaban J connectivity index is 1.52. The molecular weight excluding hydrogens is 391 g/mol. The molecule has 0 bridgehead atoms. The average Bonchev–Trinajstić information content (AvgIpc) is 3.20. The number of likely N-dealkylation sites (tertiary alicyclic amines) is 1. The molecule has 1 saturated heterocycles. The first-order valence-electron chi connectivity index (χ1n) is 10.2. The number of benzene rings is 1. The lowest BCUT2D eigenvalue weighted by Gasteiger charge is -2.32. The number of aromatic nitrogens is 4. The molecule has 0 N–H and O–H groups in total. The first-order chi connectivity index (χ1) is 14.4. The molecule has 0 unspecified atom stereocenters. The number of rotatable bonds is 5. The Kier molecular flexibility index (Phi) is 5.85. The Morgan fingerprint density at radius 3 is 2.87 bits per heavy atom. The molecule has 0 amide bonds. The molecule has 0 radical (unpaired) electrons. The van der Waals surface area contributed by atoms with Gasteiger partial charge in [-0.2, -0.15) is 13.2 Å². The molecule has 1 aliphatic heterocycles. The van der Waals surface area contributed by atoms with Crippen molar-refractivity contribution in [3.05, 3.63) is 66.1 Å². The number of imidazole rings is 1. The molecule has 2 aromatic heterocycles. The fourth-order valence-electron chi connectivity index (χ4n) is 3.99. The first kappa shape index (κ1) is 20.5. The monoisotopic (exact) mass is 415 g/mol. The van der Waals surface area contributed by atoms with Gasteiger partial charge in [-0.3, -0.25) is 9.88 Å². The van der Waals surface area contributed by atoms with Gasteiger partial charge in [0.05, 0.1) is 29.7 Å². The highest BCUT2D eigenvalue weighted by atomic mass is 19.4. The van der Waals surface area contributed by atoms with Crippen LogP contribution >= 0.6 is 0 Å². The average molecular weight is 415 g/mol. The van der Waals surface area contributed by atoms with Gasteiger partial charge in [0.25, 0.3) is 0 Å². The molecule has 1 fully saturated rings. The molecular formula is C22H24F3N5. The van der Waals surface area contributed by atoms with Crippen molar-refractivity contribution in [1.82, 2.24) is 24.4 Å². The smallest absolute Gasteiger partial charge is 0.334 e. The Labute approximate surface area is 173 Å². The van der Waals surface area contributed by atoms with E-state index in [1.807, 2.05) is 12.4 Å². The Morgan fingerprint density at radius 2 is 2.07 bits per heavy atom. The fraction of sp³-hybridized carbons (Fsp3) is 0.409. The van der Waals surface area contributed by atoms with Crippen molar-refractivity contribution in [2.75, 3.05) is 13.1 Å². The van der Waals surface area contributed by atoms with E-state index in [9.17, 15) is 13.2 Å². The summed E-state index contributed by atoms with van der Waals surface area (Å²) in [6.07, 6.45) is 4.71. The predicted octanol–water partition coefficient (Wildman–Crippen LogP) is 4.76. The third-order valence-corrected chi connectivity index (χ3v) is 5.57. The summed E-state index contributed by atoms with van der Waals surface area (Å²) in [5.41, 5.74) is 1.05. The lowest BCUT2D eigenvalue weighted by atomic mass is 9.94. The van der Waals surface area contributed by atoms with Crippen molar-refractivity contribution in [2.24, 2.45) is 0 Å². The van der Waals surface area contributed by atoms with Gasteiger partial charge in [0.2, 0.25) is 0 Å². The Hall–Kier alpha value is -2.74. The van der Waals surface area contributed by atoms with Crippen LogP contribution in [0.5, 0.6) is 0 Å². The minimum absolute atomic E-state index is 0.196. The molecule has 1 aliphatic rings. The Morgan fingerprint density at radius 1 is 1.20 bits per heavy atom. The lowest BCUT2D eigenvalue weighted by molar-refractivity contribution is -0.137. The molecule has 8 heteroatoms. The van der Waals surface area contributed by atoms with Gasteiger partial charge >= 0.3 is 6.18 Å². The van der Waals surface area contributed by atoms with Crippen molar-refractivity contribution in [1.29, 1.82) is 0 Å². The summed E-state index contributed by atoms with van der Waals surface area (Å²) in [7, 11) is 0. The number of piperidine rings is 1. The van der Waals surface area contributed by atoms with Crippen molar-refractivity contribution in [2.45, 2.75) is 44.9 Å². The summed E-state index contributed by atoms with van der Waals surface area (Å²) in [5.74, 6) is 1.24. The molecule has 1 aromatic carbocycles. The van der Waals surface area contributed by atoms with Crippen molar-refractivity contribution >= 4 is 0 Å². The second kappa shape index (κ2) is 8.55. The molecule has 158 valence electrons. The SMILES string of the molecule is CCn1ccnc1CN1CCC[C@@H](c2cncc(-c3cccc(C(F)(F)F)c3)n2)C1. The zero-order chi connectivity index (χ0) is 21.1. The van der Waals surface area contributed by atoms with Gasteiger partial charge in [-0.25, -0.2) is 9.97 Å². The van der Waals surface area contributed by atoms with Gasteiger partial charge in [0, 0.05) is 43.2 Å². The quantitative estimate of drug-likeness (QED) is 0.603. The van der Waals surface area contributed by atoms with Crippen LogP contribution in [0.25, 0.3) is 11.3 Å². The van der Waals surface area contributed by atoms with Crippen LogP contribution in [0.1, 0.15) is 42.8 Å². The van der Waals surface area contributed by atoms with E-state index in [4.69, 9.17) is 0 Å². The van der Waals surface area contributed by atoms with E-state index in [2.05, 4.69) is 31.3 Å². The summed E-state index contributed by atoms with van der Waals surface area (Å²) in [5, 5.41) is 0. The van der Waals surface area contributed by atoms with E-state index in [1.54, 1.807) is 12.3 Å². The van der Waals surface area contributed by atoms with E-state index in [0.29, 0.717) is 11.3 Å². The maximum absolute atomic E-state index is 13.1. The summed E-state index contributed by atoms with van der Waals surface area (Å²) in [6, 6.07) is 5.25. The van der Waals surface area contributed by atoms with Crippen LogP contribution in [-0.2, 0) is 19.3 Å². The summed E-state index contributed by atoms with van der Waals surface area (Å²) < 4.78 is 41.3. The number of alkyl halides is 3. The van der Waals surface area contributed by atoms with E-state index in [1.165, 1.54) is 12.3 Å². The van der Waals surface area contributed by atoms with Crippen LogP contribution in [0.15, 0.2) is 49.1 Å². The fourth-order valence-corrected chi connectivity index (χ4v) is 3.99. The summed E-state index contributed by atoms with van der Waals surface area (Å²) in [6.45, 7) is 5.58. The first-order valence-corrected chi connectivity index (χ1v) is 10.2. The molecule has 5 nitrogen and oxygen atoms in total. The Bertz CT molecular complexity index is 998. The van der Waals surface area contributed by atoms with Crippen LogP contribution in [0.2, 0.25) is 0 Å². The highest BCUT2D eigenvalue weighted by molar-refractivity contribution is 5.59. The normalized spacial score (nSPS) is 17.9. The van der Waals surface area contributed by atoms with Gasteiger partial charge < -0.3 is 4.57 Å². The van der Waals surface area contributed by atoms with E-state index in [0.717, 1.165) is 62.7 Å². The van der Waals surface area contributed by atoms with Gasteiger partial charge in [0.1, 0.15) is 5.82 Å². The molecule has 30 heavy (non-hydrogen) atoms. The van der Waals surface area contributed by atoms with Crippen LogP contribution in [-0.4, -0.2) is 37.5 Å². The topological polar surface area (TPSA) is 46.8 Å². The van der Waals surface area contributed by atoms with Crippen LogP contribution in [0.3, 0.4) is 0 Å². The van der Waals surface area contributed by atoms with Crippen molar-refractivity contribution in [3.8, 4) is 11.3 Å². The number of nitrogens with zero attached hydrogens (tertiary/aromatic N) is 5. The highest BCUT2D eigenvalue weighted by Gasteiger charge is 2.30. The molecule has 0 saturated carbocycles. The van der Waals surface area contributed by atoms with Gasteiger partial charge in [-0.05, 0) is 38.4 Å². The second-order valence-electron chi connectivity index (χ2n) is 7.61. The number of hydrogen-bond acceptors (Lipinski definition) is 4. The largest absolute Gasteiger partial charge is 0.416 e. The maximum atomic E-state index is 13.1. The zero-order valence-corrected chi connectivity index (χ0v) is 16.8. The molecule has 1 atom stereocenters. The van der Waals surface area contributed by atoms with E-state index >= 15 is 0 Å². The van der Waals surface area contributed by atoms with Crippen molar-refractivity contribution < 1.29 is 13.2 Å². The van der Waals surface area contributed by atoms with Crippen LogP contribution in [0.4, 0.5) is 13.2 Å². The highest BCUT2D eigenvalue weighted by Crippen LogP contribution is 2.32. The number of hydrogen-bond donors (Lipinski definition) is 0. The van der Waals surface area contributed by atoms with Gasteiger partial charge in [-0.1, -0.05) is 12.1 Å². The standard InChI is InChI=1S/C22H24F3N5/c1-2-30-10-8-27-21(30)15-29-9-4-6-17(14-29)20-13-26-12-19(28-20)16-5-3-7-18(11-16)22(23,24)25/h3,5,7-8,10-13,17H,2,4,6,9,14-15H2,1H3/t17-/m1/s1. The van der Waals surface area contributed by atoms with Gasteiger partial charge in [-0.15, -0.1) is 0 Å². The predicted molar refractivity (Wildman–Crippen MR) is 108 cm³/mol. The minimum Gasteiger partial charge on any atom is -0.334 e. The van der Waals surface area contributed by atoms with Gasteiger partial charge in [0.15, 0.2) is 0 Å². The molecule has 4 rings (SSSR count). The summed E-state index contributed by atoms with van der Waals surface area (Å²) >= 11 is 0. The minimum atomic E-state index is -4.38. The maximum Gasteiger partial charge on any atom is 0.416 e. The van der Waals surface area contributed by atoms with Crippen molar-refractivity contribution in [3.63, 3.8) is 0 Å². The van der Waals surface area contributed by atoms with Crippen LogP contribution < -0.4 is 0 Å². The van der Waals surface area contributed by atoms with E-state index in [-0.39, 0.29) is 5.92 Å². The molecule has 0 aliphatic carbocycles. The lowest BCUT2D eigenvalue weighted by Crippen LogP contribution is -2.35. The molecule has 0 spiro atoms. The summed E-state index contributed by atoms with van der Waals surface area (Å²) in [4.78, 5) is 15.8. The second-order valence-corrected chi connectivity index (χ2v) is 7.61. The zero-order valence-electron chi connectivity index (χ0n) is 16.8. The number of halogens is 3. The third kappa shape index (κ3) is 4.53. The van der Waals surface area contributed by atoms with Crippen LogP contribution in [0, 0.1) is 0 Å². The number of aryl methyl sites for hydroxylation is 1. The molecule has 3 heterocycles. The van der Waals surface area contributed by atoms with E-state index < -0.39 is 11.7 Å².